The molecule has 0 fully saturated rings. The number of benzene rings is 6. The van der Waals surface area contributed by atoms with Gasteiger partial charge in [0.25, 0.3) is 11.8 Å². The highest BCUT2D eigenvalue weighted by atomic mass is 35.5. The number of carbonyl (C=O) groups is 3. The van der Waals surface area contributed by atoms with Crippen molar-refractivity contribution in [2.24, 2.45) is 0 Å². The summed E-state index contributed by atoms with van der Waals surface area (Å²) < 4.78 is 0. The Bertz CT molecular complexity index is 2180. The first-order chi connectivity index (χ1) is 24.8. The molecule has 3 N–H and O–H groups in total. The summed E-state index contributed by atoms with van der Waals surface area (Å²) in [6.07, 6.45) is 1.64. The number of halogens is 2. The number of carbonyl (C=O) groups excluding carboxylic acids is 3. The number of thioether (sulfide) groups is 1. The second-order valence-electron chi connectivity index (χ2n) is 11.4. The summed E-state index contributed by atoms with van der Waals surface area (Å²) in [6, 6.07) is 47.9. The molecule has 0 saturated carbocycles. The lowest BCUT2D eigenvalue weighted by Gasteiger charge is -2.18. The van der Waals surface area contributed by atoms with Gasteiger partial charge in [-0.2, -0.15) is 0 Å². The average molecular weight is 729 g/mol. The molecule has 6 rings (SSSR count). The molecule has 252 valence electrons. The molecule has 0 saturated heterocycles. The van der Waals surface area contributed by atoms with Gasteiger partial charge in [-0.05, 0) is 76.9 Å². The van der Waals surface area contributed by atoms with Gasteiger partial charge in [0.1, 0.15) is 10.9 Å². The molecule has 6 aromatic carbocycles. The molecule has 0 aliphatic carbocycles. The fourth-order valence-electron chi connectivity index (χ4n) is 5.18. The lowest BCUT2D eigenvalue weighted by Crippen LogP contribution is -2.30. The van der Waals surface area contributed by atoms with E-state index in [1.54, 1.807) is 66.7 Å². The molecule has 0 heterocycles. The van der Waals surface area contributed by atoms with E-state index in [2.05, 4.69) is 16.0 Å². The van der Waals surface area contributed by atoms with Crippen LogP contribution >= 0.6 is 35.0 Å². The maximum atomic E-state index is 13.8. The maximum Gasteiger partial charge on any atom is 0.272 e. The van der Waals surface area contributed by atoms with Crippen LogP contribution in [0.25, 0.3) is 17.2 Å². The molecule has 0 aliphatic rings. The van der Waals surface area contributed by atoms with E-state index in [1.807, 2.05) is 97.1 Å². The first-order valence-corrected chi connectivity index (χ1v) is 17.6. The third-order valence-electron chi connectivity index (χ3n) is 7.73. The zero-order valence-corrected chi connectivity index (χ0v) is 29.4. The normalized spacial score (nSPS) is 11.7. The number of amides is 3. The summed E-state index contributed by atoms with van der Waals surface area (Å²) >= 11 is 13.7. The van der Waals surface area contributed by atoms with Crippen LogP contribution in [0.1, 0.15) is 26.7 Å². The summed E-state index contributed by atoms with van der Waals surface area (Å²) in [4.78, 5) is 41.4. The summed E-state index contributed by atoms with van der Waals surface area (Å²) in [5, 5.41) is 8.78. The topological polar surface area (TPSA) is 87.3 Å². The van der Waals surface area contributed by atoms with Gasteiger partial charge in [0.15, 0.2) is 0 Å². The SMILES string of the molecule is O=C(Nc1cccc(SC(C(=O)Nc2ccc(Cl)cc2Cl)c2ccccc2)c1)/C(=C\c1ccc(-c2ccccc2)cc1)NC(=O)c1ccccc1. The van der Waals surface area contributed by atoms with E-state index in [0.29, 0.717) is 27.0 Å². The molecule has 6 aromatic rings. The zero-order chi connectivity index (χ0) is 35.6. The van der Waals surface area contributed by atoms with Crippen molar-refractivity contribution in [1.82, 2.24) is 5.32 Å². The summed E-state index contributed by atoms with van der Waals surface area (Å²) in [5.74, 6) is -1.21. The van der Waals surface area contributed by atoms with Crippen LogP contribution in [0.2, 0.25) is 10.0 Å². The van der Waals surface area contributed by atoms with Gasteiger partial charge in [-0.3, -0.25) is 14.4 Å². The van der Waals surface area contributed by atoms with E-state index in [0.717, 1.165) is 27.1 Å². The van der Waals surface area contributed by atoms with Crippen molar-refractivity contribution < 1.29 is 14.4 Å². The molecule has 9 heteroatoms. The second-order valence-corrected chi connectivity index (χ2v) is 13.4. The van der Waals surface area contributed by atoms with Gasteiger partial charge < -0.3 is 16.0 Å². The Labute approximate surface area is 310 Å². The minimum atomic E-state index is -0.650. The van der Waals surface area contributed by atoms with E-state index >= 15 is 0 Å². The van der Waals surface area contributed by atoms with E-state index in [-0.39, 0.29) is 11.6 Å². The Morgan fingerprint density at radius 2 is 1.27 bits per heavy atom. The van der Waals surface area contributed by atoms with Crippen LogP contribution in [0, 0.1) is 0 Å². The Morgan fingerprint density at radius 1 is 0.627 bits per heavy atom. The monoisotopic (exact) mass is 727 g/mol. The Balaban J connectivity index is 1.24. The second kappa shape index (κ2) is 16.9. The minimum absolute atomic E-state index is 0.0655. The van der Waals surface area contributed by atoms with E-state index in [1.165, 1.54) is 11.8 Å². The van der Waals surface area contributed by atoms with Crippen LogP contribution < -0.4 is 16.0 Å². The first kappa shape index (κ1) is 35.2. The Hall–Kier alpha value is -5.60. The van der Waals surface area contributed by atoms with Crippen LogP contribution in [0.4, 0.5) is 11.4 Å². The number of anilines is 2. The molecule has 1 unspecified atom stereocenters. The van der Waals surface area contributed by atoms with E-state index in [4.69, 9.17) is 23.2 Å². The first-order valence-electron chi connectivity index (χ1n) is 15.9. The quantitative estimate of drug-likeness (QED) is 0.0916. The van der Waals surface area contributed by atoms with Gasteiger partial charge in [-0.25, -0.2) is 0 Å². The predicted octanol–water partition coefficient (Wildman–Crippen LogP) is 10.5. The number of hydrogen-bond acceptors (Lipinski definition) is 4. The molecule has 6 nitrogen and oxygen atoms in total. The van der Waals surface area contributed by atoms with Gasteiger partial charge in [0, 0.05) is 21.2 Å². The highest BCUT2D eigenvalue weighted by Gasteiger charge is 2.23. The highest BCUT2D eigenvalue weighted by Crippen LogP contribution is 2.38. The van der Waals surface area contributed by atoms with Crippen LogP contribution in [0.5, 0.6) is 0 Å². The van der Waals surface area contributed by atoms with Crippen LogP contribution in [-0.2, 0) is 9.59 Å². The van der Waals surface area contributed by atoms with Crippen molar-refractivity contribution in [1.29, 1.82) is 0 Å². The predicted molar refractivity (Wildman–Crippen MR) is 209 cm³/mol. The Morgan fingerprint density at radius 3 is 1.96 bits per heavy atom. The highest BCUT2D eigenvalue weighted by molar-refractivity contribution is 8.00. The fourth-order valence-corrected chi connectivity index (χ4v) is 6.72. The molecular formula is C42H31Cl2N3O3S. The van der Waals surface area contributed by atoms with Crippen molar-refractivity contribution >= 4 is 70.1 Å². The molecule has 3 amide bonds. The number of nitrogens with one attached hydrogen (secondary N) is 3. The molecule has 0 bridgehead atoms. The van der Waals surface area contributed by atoms with E-state index in [9.17, 15) is 14.4 Å². The van der Waals surface area contributed by atoms with Crippen molar-refractivity contribution in [3.05, 3.63) is 190 Å². The third-order valence-corrected chi connectivity index (χ3v) is 9.53. The molecule has 0 spiro atoms. The Kier molecular flexibility index (Phi) is 11.7. The van der Waals surface area contributed by atoms with Crippen molar-refractivity contribution in [3.8, 4) is 11.1 Å². The average Bonchev–Trinajstić information content (AvgIpc) is 3.16. The van der Waals surface area contributed by atoms with Crippen molar-refractivity contribution in [2.75, 3.05) is 10.6 Å². The van der Waals surface area contributed by atoms with Crippen LogP contribution in [-0.4, -0.2) is 17.7 Å². The summed E-state index contributed by atoms with van der Waals surface area (Å²) in [6.45, 7) is 0. The molecule has 51 heavy (non-hydrogen) atoms. The fraction of sp³-hybridized carbons (Fsp3) is 0.0238. The van der Waals surface area contributed by atoms with Crippen molar-refractivity contribution in [2.45, 2.75) is 10.1 Å². The maximum absolute atomic E-state index is 13.8. The smallest absolute Gasteiger partial charge is 0.272 e. The standard InChI is InChI=1S/C42H31Cl2N3O3S/c43-33-23-24-37(36(44)26-33)46-42(50)39(31-13-6-2-7-14-31)51-35-18-10-17-34(27-35)45-41(49)38(47-40(48)32-15-8-3-9-16-32)25-28-19-21-30(22-20-28)29-11-4-1-5-12-29/h1-27,39H,(H,45,49)(H,46,50)(H,47,48)/b38-25+. The van der Waals surface area contributed by atoms with Crippen molar-refractivity contribution in [3.63, 3.8) is 0 Å². The number of hydrogen-bond donors (Lipinski definition) is 3. The van der Waals surface area contributed by atoms with Crippen LogP contribution in [0.3, 0.4) is 0 Å². The molecule has 0 aliphatic heterocycles. The summed E-state index contributed by atoms with van der Waals surface area (Å²) in [7, 11) is 0. The number of rotatable bonds is 11. The largest absolute Gasteiger partial charge is 0.323 e. The lowest BCUT2D eigenvalue weighted by atomic mass is 10.0. The van der Waals surface area contributed by atoms with Gasteiger partial charge in [-0.15, -0.1) is 11.8 Å². The third kappa shape index (κ3) is 9.55. The van der Waals surface area contributed by atoms with Gasteiger partial charge in [-0.1, -0.05) is 132 Å². The zero-order valence-electron chi connectivity index (χ0n) is 27.1. The molecule has 0 aromatic heterocycles. The molecular weight excluding hydrogens is 697 g/mol. The molecule has 0 radical (unpaired) electrons. The summed E-state index contributed by atoms with van der Waals surface area (Å²) in [5.41, 5.74) is 5.02. The lowest BCUT2D eigenvalue weighted by molar-refractivity contribution is -0.116. The van der Waals surface area contributed by atoms with Gasteiger partial charge in [0.05, 0.1) is 10.7 Å². The van der Waals surface area contributed by atoms with Gasteiger partial charge >= 0.3 is 0 Å². The van der Waals surface area contributed by atoms with E-state index < -0.39 is 17.1 Å². The minimum Gasteiger partial charge on any atom is -0.323 e. The van der Waals surface area contributed by atoms with Gasteiger partial charge in [0.2, 0.25) is 5.91 Å². The van der Waals surface area contributed by atoms with Crippen LogP contribution in [0.15, 0.2) is 168 Å². The molecule has 1 atom stereocenters.